The molecule has 3 aromatic rings. The fourth-order valence-corrected chi connectivity index (χ4v) is 2.24. The maximum absolute atomic E-state index is 11.8. The number of para-hydroxylation sites is 1. The van der Waals surface area contributed by atoms with Crippen molar-refractivity contribution in [3.05, 3.63) is 36.4 Å². The third-order valence-electron chi connectivity index (χ3n) is 3.44. The van der Waals surface area contributed by atoms with Crippen molar-refractivity contribution in [3.8, 4) is 11.5 Å². The highest BCUT2D eigenvalue weighted by molar-refractivity contribution is 5.90. The quantitative estimate of drug-likeness (QED) is 0.620. The Morgan fingerprint density at radius 3 is 2.96 bits per heavy atom. The Kier molecular flexibility index (Phi) is 5.25. The summed E-state index contributed by atoms with van der Waals surface area (Å²) in [5, 5.41) is 10.7. The Balaban J connectivity index is 1.56. The number of benzene rings is 1. The molecule has 0 spiro atoms. The minimum atomic E-state index is -0.157. The van der Waals surface area contributed by atoms with Gasteiger partial charge in [0.2, 0.25) is 5.91 Å². The number of carbonyl (C=O) groups excluding carboxylic acids is 1. The van der Waals surface area contributed by atoms with Crippen LogP contribution in [0.4, 0.5) is 5.82 Å². The summed E-state index contributed by atoms with van der Waals surface area (Å²) in [7, 11) is 1.60. The number of nitrogens with zero attached hydrogens (tertiary/aromatic N) is 1. The molecule has 0 unspecified atom stereocenters. The highest BCUT2D eigenvalue weighted by Gasteiger charge is 2.11. The van der Waals surface area contributed by atoms with Gasteiger partial charge in [0.25, 0.3) is 0 Å². The molecule has 1 amide bonds. The summed E-state index contributed by atoms with van der Waals surface area (Å²) in [6, 6.07) is 11.4. The maximum atomic E-state index is 11.8. The summed E-state index contributed by atoms with van der Waals surface area (Å²) in [5.41, 5.74) is 1.51. The number of furan rings is 1. The van der Waals surface area contributed by atoms with Gasteiger partial charge in [-0.1, -0.05) is 18.2 Å². The third-order valence-corrected chi connectivity index (χ3v) is 3.44. The van der Waals surface area contributed by atoms with Crippen molar-refractivity contribution in [1.82, 2.24) is 10.2 Å². The summed E-state index contributed by atoms with van der Waals surface area (Å²) in [4.78, 5) is 11.8. The minimum absolute atomic E-state index is 0.157. The molecule has 7 heteroatoms. The lowest BCUT2D eigenvalue weighted by Gasteiger charge is -2.03. The second-order valence-electron chi connectivity index (χ2n) is 5.22. The van der Waals surface area contributed by atoms with Crippen LogP contribution in [0.2, 0.25) is 0 Å². The van der Waals surface area contributed by atoms with Crippen LogP contribution < -0.4 is 5.32 Å². The molecule has 0 aliphatic heterocycles. The standard InChI is InChI=1S/C17H19N3O4/c1-22-8-9-23-7-6-17(21)18-16-11-13(19-20-16)15-10-12-4-2-3-5-14(12)24-15/h2-5,10-11H,6-9H2,1H3,(H2,18,19,20,21). The van der Waals surface area contributed by atoms with Crippen molar-refractivity contribution in [3.63, 3.8) is 0 Å². The third kappa shape index (κ3) is 4.01. The number of H-pyrrole nitrogens is 1. The number of fused-ring (bicyclic) bond motifs is 1. The van der Waals surface area contributed by atoms with Gasteiger partial charge in [0.05, 0.1) is 26.2 Å². The molecule has 0 radical (unpaired) electrons. The number of aromatic nitrogens is 2. The summed E-state index contributed by atoms with van der Waals surface area (Å²) < 4.78 is 15.9. The van der Waals surface area contributed by atoms with E-state index >= 15 is 0 Å². The van der Waals surface area contributed by atoms with Gasteiger partial charge >= 0.3 is 0 Å². The predicted molar refractivity (Wildman–Crippen MR) is 89.7 cm³/mol. The monoisotopic (exact) mass is 329 g/mol. The van der Waals surface area contributed by atoms with Crippen LogP contribution in [0.1, 0.15) is 6.42 Å². The molecule has 0 saturated carbocycles. The first-order chi connectivity index (χ1) is 11.8. The lowest BCUT2D eigenvalue weighted by molar-refractivity contribution is -0.117. The lowest BCUT2D eigenvalue weighted by atomic mass is 10.2. The number of carbonyl (C=O) groups is 1. The topological polar surface area (TPSA) is 89.4 Å². The number of rotatable bonds is 8. The van der Waals surface area contributed by atoms with Crippen LogP contribution in [0.3, 0.4) is 0 Å². The lowest BCUT2D eigenvalue weighted by Crippen LogP contribution is -2.15. The van der Waals surface area contributed by atoms with Gasteiger partial charge < -0.3 is 19.2 Å². The van der Waals surface area contributed by atoms with Gasteiger partial charge in [0, 0.05) is 18.6 Å². The average molecular weight is 329 g/mol. The normalized spacial score (nSPS) is 11.0. The molecule has 0 atom stereocenters. The predicted octanol–water partition coefficient (Wildman–Crippen LogP) is 2.81. The van der Waals surface area contributed by atoms with Crippen LogP contribution in [-0.2, 0) is 14.3 Å². The molecule has 0 aliphatic rings. The van der Waals surface area contributed by atoms with E-state index in [-0.39, 0.29) is 12.3 Å². The molecule has 0 saturated heterocycles. The number of amides is 1. The molecule has 0 fully saturated rings. The molecule has 24 heavy (non-hydrogen) atoms. The van der Waals surface area contributed by atoms with Crippen molar-refractivity contribution >= 4 is 22.7 Å². The molecular formula is C17H19N3O4. The summed E-state index contributed by atoms with van der Waals surface area (Å²) in [6.45, 7) is 1.33. The molecular weight excluding hydrogens is 310 g/mol. The highest BCUT2D eigenvalue weighted by atomic mass is 16.5. The summed E-state index contributed by atoms with van der Waals surface area (Å²) in [5.74, 6) is 0.967. The van der Waals surface area contributed by atoms with Gasteiger partial charge in [-0.3, -0.25) is 9.89 Å². The second-order valence-corrected chi connectivity index (χ2v) is 5.22. The number of ether oxygens (including phenoxy) is 2. The SMILES string of the molecule is COCCOCCC(=O)Nc1cc(-c2cc3ccccc3o2)[nH]n1. The smallest absolute Gasteiger partial charge is 0.227 e. The summed E-state index contributed by atoms with van der Waals surface area (Å²) >= 11 is 0. The van der Waals surface area contributed by atoms with E-state index in [0.717, 1.165) is 11.0 Å². The molecule has 0 aliphatic carbocycles. The van der Waals surface area contributed by atoms with Crippen molar-refractivity contribution < 1.29 is 18.7 Å². The van der Waals surface area contributed by atoms with E-state index < -0.39 is 0 Å². The van der Waals surface area contributed by atoms with Crippen LogP contribution in [0.15, 0.2) is 40.8 Å². The summed E-state index contributed by atoms with van der Waals surface area (Å²) in [6.07, 6.45) is 0.260. The van der Waals surface area contributed by atoms with Crippen molar-refractivity contribution in [2.45, 2.75) is 6.42 Å². The van der Waals surface area contributed by atoms with Crippen LogP contribution >= 0.6 is 0 Å². The van der Waals surface area contributed by atoms with Crippen LogP contribution in [0.25, 0.3) is 22.4 Å². The number of hydrogen-bond donors (Lipinski definition) is 2. The second kappa shape index (κ2) is 7.76. The molecule has 2 N–H and O–H groups in total. The van der Waals surface area contributed by atoms with Crippen molar-refractivity contribution in [2.75, 3.05) is 32.2 Å². The van der Waals surface area contributed by atoms with E-state index in [9.17, 15) is 4.79 Å². The van der Waals surface area contributed by atoms with E-state index in [0.29, 0.717) is 37.1 Å². The van der Waals surface area contributed by atoms with Gasteiger partial charge in [-0.15, -0.1) is 0 Å². The molecule has 2 heterocycles. The number of anilines is 1. The Hall–Kier alpha value is -2.64. The van der Waals surface area contributed by atoms with Gasteiger partial charge in [0.15, 0.2) is 11.6 Å². The molecule has 126 valence electrons. The first-order valence-electron chi connectivity index (χ1n) is 7.67. The number of aromatic amines is 1. The van der Waals surface area contributed by atoms with E-state index in [1.54, 1.807) is 13.2 Å². The fraction of sp³-hybridized carbons (Fsp3) is 0.294. The van der Waals surface area contributed by atoms with Gasteiger partial charge in [0.1, 0.15) is 11.3 Å². The van der Waals surface area contributed by atoms with Crippen molar-refractivity contribution in [1.29, 1.82) is 0 Å². The number of methoxy groups -OCH3 is 1. The first kappa shape index (κ1) is 16.2. The average Bonchev–Trinajstić information content (AvgIpc) is 3.20. The number of nitrogens with one attached hydrogen (secondary N) is 2. The van der Waals surface area contributed by atoms with Gasteiger partial charge in [-0.25, -0.2) is 0 Å². The largest absolute Gasteiger partial charge is 0.454 e. The molecule has 1 aromatic carbocycles. The highest BCUT2D eigenvalue weighted by Crippen LogP contribution is 2.27. The molecule has 0 bridgehead atoms. The van der Waals surface area contributed by atoms with E-state index in [2.05, 4.69) is 15.5 Å². The first-order valence-corrected chi connectivity index (χ1v) is 7.67. The Morgan fingerprint density at radius 1 is 1.25 bits per heavy atom. The van der Waals surface area contributed by atoms with Gasteiger partial charge in [-0.05, 0) is 12.1 Å². The molecule has 2 aromatic heterocycles. The maximum Gasteiger partial charge on any atom is 0.227 e. The molecule has 3 rings (SSSR count). The zero-order chi connectivity index (χ0) is 16.8. The van der Waals surface area contributed by atoms with Crippen LogP contribution in [0.5, 0.6) is 0 Å². The van der Waals surface area contributed by atoms with Crippen LogP contribution in [0, 0.1) is 0 Å². The Labute approximate surface area is 138 Å². The van der Waals surface area contributed by atoms with Crippen LogP contribution in [-0.4, -0.2) is 43.0 Å². The number of hydrogen-bond acceptors (Lipinski definition) is 5. The van der Waals surface area contributed by atoms with E-state index in [1.807, 2.05) is 30.3 Å². The molecule has 7 nitrogen and oxygen atoms in total. The minimum Gasteiger partial charge on any atom is -0.454 e. The van der Waals surface area contributed by atoms with E-state index in [4.69, 9.17) is 13.9 Å². The zero-order valence-electron chi connectivity index (χ0n) is 13.4. The Morgan fingerprint density at radius 2 is 2.12 bits per heavy atom. The Bertz CT molecular complexity index is 776. The zero-order valence-corrected chi connectivity index (χ0v) is 13.4. The van der Waals surface area contributed by atoms with E-state index in [1.165, 1.54) is 0 Å². The van der Waals surface area contributed by atoms with Crippen molar-refractivity contribution in [2.24, 2.45) is 0 Å². The fourth-order valence-electron chi connectivity index (χ4n) is 2.24. The van der Waals surface area contributed by atoms with Gasteiger partial charge in [-0.2, -0.15) is 5.10 Å².